The van der Waals surface area contributed by atoms with E-state index in [9.17, 15) is 9.59 Å². The maximum Gasteiger partial charge on any atom is 0.326 e. The third kappa shape index (κ3) is 5.64. The first-order valence-electron chi connectivity index (χ1n) is 10.6. The summed E-state index contributed by atoms with van der Waals surface area (Å²) < 4.78 is 17.7. The van der Waals surface area contributed by atoms with Gasteiger partial charge in [0.25, 0.3) is 5.56 Å². The molecule has 172 valence electrons. The van der Waals surface area contributed by atoms with Crippen LogP contribution >= 0.6 is 11.6 Å². The van der Waals surface area contributed by atoms with Gasteiger partial charge in [0.15, 0.2) is 22.5 Å². The molecule has 0 unspecified atom stereocenters. The standard InChI is InChI=1S/C24H24ClN3O5/c1-16-22(25)27-23(26-10-9-17-7-8-19-20(13-17)32-12-11-31-19)24(30)28(16)14-21(29)33-15-18-5-3-2-4-6-18/h2-8,13H,9-12,14-15H2,1H3,(H,26,27). The number of benzene rings is 2. The van der Waals surface area contributed by atoms with Gasteiger partial charge in [0.2, 0.25) is 0 Å². The number of hydrogen-bond acceptors (Lipinski definition) is 7. The molecule has 4 rings (SSSR count). The topological polar surface area (TPSA) is 91.7 Å². The average molecular weight is 470 g/mol. The van der Waals surface area contributed by atoms with Crippen molar-refractivity contribution in [2.24, 2.45) is 0 Å². The smallest absolute Gasteiger partial charge is 0.326 e. The SMILES string of the molecule is Cc1c(Cl)nc(NCCc2ccc3c(c2)OCCO3)c(=O)n1CC(=O)OCc1ccccc1. The van der Waals surface area contributed by atoms with E-state index in [-0.39, 0.29) is 24.1 Å². The Morgan fingerprint density at radius 2 is 1.88 bits per heavy atom. The minimum Gasteiger partial charge on any atom is -0.486 e. The van der Waals surface area contributed by atoms with Crippen molar-refractivity contribution in [3.63, 3.8) is 0 Å². The number of anilines is 1. The van der Waals surface area contributed by atoms with E-state index in [1.165, 1.54) is 4.57 Å². The summed E-state index contributed by atoms with van der Waals surface area (Å²) in [6.07, 6.45) is 0.627. The van der Waals surface area contributed by atoms with Crippen LogP contribution in [0.15, 0.2) is 53.3 Å². The lowest BCUT2D eigenvalue weighted by Gasteiger charge is -2.19. The highest BCUT2D eigenvalue weighted by Gasteiger charge is 2.16. The van der Waals surface area contributed by atoms with Crippen molar-refractivity contribution < 1.29 is 19.0 Å². The molecule has 0 saturated heterocycles. The van der Waals surface area contributed by atoms with Crippen molar-refractivity contribution in [2.75, 3.05) is 25.1 Å². The molecule has 0 radical (unpaired) electrons. The molecule has 3 aromatic rings. The number of nitrogens with one attached hydrogen (secondary N) is 1. The molecular weight excluding hydrogens is 446 g/mol. The van der Waals surface area contributed by atoms with Crippen LogP contribution in [-0.2, 0) is 29.1 Å². The minimum atomic E-state index is -0.534. The van der Waals surface area contributed by atoms with E-state index >= 15 is 0 Å². The minimum absolute atomic E-state index is 0.0824. The molecule has 1 aromatic heterocycles. The lowest BCUT2D eigenvalue weighted by molar-refractivity contribution is -0.145. The van der Waals surface area contributed by atoms with Crippen LogP contribution in [0.2, 0.25) is 5.15 Å². The average Bonchev–Trinajstić information content (AvgIpc) is 2.84. The maximum absolute atomic E-state index is 12.9. The predicted molar refractivity (Wildman–Crippen MR) is 124 cm³/mol. The number of nitrogens with zero attached hydrogens (tertiary/aromatic N) is 2. The number of carbonyl (C=O) groups excluding carboxylic acids is 1. The number of fused-ring (bicyclic) bond motifs is 1. The van der Waals surface area contributed by atoms with Crippen LogP contribution in [0.3, 0.4) is 0 Å². The van der Waals surface area contributed by atoms with E-state index in [1.807, 2.05) is 48.5 Å². The quantitative estimate of drug-likeness (QED) is 0.505. The zero-order valence-corrected chi connectivity index (χ0v) is 18.9. The summed E-state index contributed by atoms with van der Waals surface area (Å²) >= 11 is 6.23. The van der Waals surface area contributed by atoms with Gasteiger partial charge in [-0.15, -0.1) is 0 Å². The summed E-state index contributed by atoms with van der Waals surface area (Å²) in [5.74, 6) is 0.992. The van der Waals surface area contributed by atoms with Crippen molar-refractivity contribution in [3.05, 3.63) is 80.9 Å². The number of halogens is 1. The van der Waals surface area contributed by atoms with Gasteiger partial charge in [-0.25, -0.2) is 4.98 Å². The van der Waals surface area contributed by atoms with Crippen LogP contribution in [0.4, 0.5) is 5.82 Å². The normalized spacial score (nSPS) is 12.3. The van der Waals surface area contributed by atoms with Gasteiger partial charge >= 0.3 is 5.97 Å². The van der Waals surface area contributed by atoms with Gasteiger partial charge in [0.1, 0.15) is 26.4 Å². The number of carbonyl (C=O) groups is 1. The molecule has 0 saturated carbocycles. The summed E-state index contributed by atoms with van der Waals surface area (Å²) in [6.45, 7) is 3.02. The van der Waals surface area contributed by atoms with Gasteiger partial charge in [-0.3, -0.25) is 14.2 Å². The summed E-state index contributed by atoms with van der Waals surface area (Å²) in [6, 6.07) is 15.1. The lowest BCUT2D eigenvalue weighted by Crippen LogP contribution is -2.31. The lowest BCUT2D eigenvalue weighted by atomic mass is 10.1. The molecule has 1 aliphatic heterocycles. The molecule has 2 aromatic carbocycles. The van der Waals surface area contributed by atoms with Gasteiger partial charge in [-0.2, -0.15) is 0 Å². The fourth-order valence-corrected chi connectivity index (χ4v) is 3.59. The Bertz CT molecular complexity index is 1200. The van der Waals surface area contributed by atoms with Crippen molar-refractivity contribution in [2.45, 2.75) is 26.5 Å². The number of ether oxygens (including phenoxy) is 3. The fraction of sp³-hybridized carbons (Fsp3) is 0.292. The third-order valence-electron chi connectivity index (χ3n) is 5.20. The molecule has 2 heterocycles. The van der Waals surface area contributed by atoms with Crippen LogP contribution in [-0.4, -0.2) is 35.3 Å². The van der Waals surface area contributed by atoms with Crippen LogP contribution in [0.1, 0.15) is 16.8 Å². The van der Waals surface area contributed by atoms with Crippen molar-refractivity contribution in [1.29, 1.82) is 0 Å². The number of rotatable bonds is 8. The first-order valence-corrected chi connectivity index (χ1v) is 11.0. The summed E-state index contributed by atoms with van der Waals surface area (Å²) in [5.41, 5.74) is 1.85. The van der Waals surface area contributed by atoms with E-state index in [0.717, 1.165) is 16.9 Å². The molecule has 0 atom stereocenters. The van der Waals surface area contributed by atoms with Gasteiger partial charge in [0.05, 0.1) is 5.69 Å². The zero-order valence-electron chi connectivity index (χ0n) is 18.2. The fourth-order valence-electron chi connectivity index (χ4n) is 3.41. The van der Waals surface area contributed by atoms with Gasteiger partial charge in [-0.05, 0) is 36.6 Å². The second-order valence-electron chi connectivity index (χ2n) is 7.53. The highest BCUT2D eigenvalue weighted by atomic mass is 35.5. The zero-order chi connectivity index (χ0) is 23.2. The molecule has 0 aliphatic carbocycles. The van der Waals surface area contributed by atoms with Crippen LogP contribution < -0.4 is 20.3 Å². The summed E-state index contributed by atoms with van der Waals surface area (Å²) in [4.78, 5) is 29.4. The summed E-state index contributed by atoms with van der Waals surface area (Å²) in [5, 5.41) is 3.17. The second-order valence-corrected chi connectivity index (χ2v) is 7.89. The number of hydrogen-bond donors (Lipinski definition) is 1. The molecule has 33 heavy (non-hydrogen) atoms. The van der Waals surface area contributed by atoms with E-state index < -0.39 is 11.5 Å². The highest BCUT2D eigenvalue weighted by Crippen LogP contribution is 2.30. The Hall–Kier alpha value is -3.52. The molecule has 0 spiro atoms. The van der Waals surface area contributed by atoms with Crippen LogP contribution in [0.25, 0.3) is 0 Å². The van der Waals surface area contributed by atoms with Crippen molar-refractivity contribution in [1.82, 2.24) is 9.55 Å². The Kier molecular flexibility index (Phi) is 7.14. The number of esters is 1. The molecule has 0 fully saturated rings. The highest BCUT2D eigenvalue weighted by molar-refractivity contribution is 6.30. The third-order valence-corrected chi connectivity index (χ3v) is 5.56. The predicted octanol–water partition coefficient (Wildman–Crippen LogP) is 3.37. The second kappa shape index (κ2) is 10.4. The Morgan fingerprint density at radius 1 is 1.12 bits per heavy atom. The van der Waals surface area contributed by atoms with E-state index in [1.54, 1.807) is 6.92 Å². The van der Waals surface area contributed by atoms with E-state index in [0.29, 0.717) is 37.6 Å². The first kappa shape index (κ1) is 22.7. The van der Waals surface area contributed by atoms with Crippen molar-refractivity contribution in [3.8, 4) is 11.5 Å². The van der Waals surface area contributed by atoms with Gasteiger partial charge < -0.3 is 19.5 Å². The van der Waals surface area contributed by atoms with E-state index in [4.69, 9.17) is 25.8 Å². The molecule has 0 amide bonds. The monoisotopic (exact) mass is 469 g/mol. The van der Waals surface area contributed by atoms with E-state index in [2.05, 4.69) is 10.3 Å². The Morgan fingerprint density at radius 3 is 2.67 bits per heavy atom. The first-order chi connectivity index (χ1) is 16.0. The number of aromatic nitrogens is 2. The van der Waals surface area contributed by atoms with Crippen molar-refractivity contribution >= 4 is 23.4 Å². The molecule has 0 bridgehead atoms. The summed E-state index contributed by atoms with van der Waals surface area (Å²) in [7, 11) is 0. The van der Waals surface area contributed by atoms with Gasteiger partial charge in [0, 0.05) is 6.54 Å². The molecule has 1 aliphatic rings. The molecule has 8 nitrogen and oxygen atoms in total. The van der Waals surface area contributed by atoms with Crippen LogP contribution in [0, 0.1) is 6.92 Å². The largest absolute Gasteiger partial charge is 0.486 e. The molecular formula is C24H24ClN3O5. The molecule has 1 N–H and O–H groups in total. The maximum atomic E-state index is 12.9. The Balaban J connectivity index is 1.39. The van der Waals surface area contributed by atoms with Crippen LogP contribution in [0.5, 0.6) is 11.5 Å². The van der Waals surface area contributed by atoms with Gasteiger partial charge in [-0.1, -0.05) is 48.0 Å². The molecule has 9 heteroatoms. The Labute approximate surface area is 196 Å².